The maximum absolute atomic E-state index is 13.1. The van der Waals surface area contributed by atoms with E-state index in [2.05, 4.69) is 0 Å². The number of anilines is 1. The minimum atomic E-state index is -0.276. The summed E-state index contributed by atoms with van der Waals surface area (Å²) in [6, 6.07) is 16.5. The van der Waals surface area contributed by atoms with Crippen molar-refractivity contribution in [3.63, 3.8) is 0 Å². The molecule has 2 aromatic carbocycles. The average Bonchev–Trinajstić information content (AvgIpc) is 2.92. The predicted octanol–water partition coefficient (Wildman–Crippen LogP) is 3.32. The fraction of sp³-hybridized carbons (Fsp3) is 0.238. The van der Waals surface area contributed by atoms with Crippen LogP contribution in [0, 0.1) is 0 Å². The summed E-state index contributed by atoms with van der Waals surface area (Å²) in [7, 11) is 3.40. The van der Waals surface area contributed by atoms with Crippen LogP contribution in [0.3, 0.4) is 0 Å². The van der Waals surface area contributed by atoms with E-state index in [1.165, 1.54) is 4.90 Å². The van der Waals surface area contributed by atoms with Crippen LogP contribution in [0.4, 0.5) is 5.69 Å². The molecule has 134 valence electrons. The Morgan fingerprint density at radius 2 is 1.54 bits per heavy atom. The Balaban J connectivity index is 2.15. The standard InChI is InChI=1S/C21H22N2O3/c1-14(2)23-20(24)18(15-10-12-17(26-4)13-11-15)19(21(23)25)22(3)16-8-6-5-7-9-16/h5-14H,1-4H3. The van der Waals surface area contributed by atoms with Gasteiger partial charge in [-0.05, 0) is 43.7 Å². The fourth-order valence-corrected chi connectivity index (χ4v) is 3.11. The van der Waals surface area contributed by atoms with Gasteiger partial charge in [0, 0.05) is 18.8 Å². The van der Waals surface area contributed by atoms with Gasteiger partial charge in [-0.1, -0.05) is 30.3 Å². The van der Waals surface area contributed by atoms with E-state index in [4.69, 9.17) is 4.74 Å². The third-order valence-corrected chi connectivity index (χ3v) is 4.46. The molecule has 0 aliphatic carbocycles. The van der Waals surface area contributed by atoms with E-state index in [0.717, 1.165) is 5.69 Å². The van der Waals surface area contributed by atoms with Gasteiger partial charge in [-0.15, -0.1) is 0 Å². The van der Waals surface area contributed by atoms with Crippen molar-refractivity contribution in [3.05, 3.63) is 65.9 Å². The van der Waals surface area contributed by atoms with Crippen LogP contribution in [-0.4, -0.2) is 36.9 Å². The van der Waals surface area contributed by atoms with Crippen LogP contribution in [0.1, 0.15) is 19.4 Å². The molecule has 0 N–H and O–H groups in total. The van der Waals surface area contributed by atoms with Crippen LogP contribution in [0.2, 0.25) is 0 Å². The Morgan fingerprint density at radius 3 is 2.08 bits per heavy atom. The van der Waals surface area contributed by atoms with Gasteiger partial charge in [-0.2, -0.15) is 0 Å². The molecule has 0 fully saturated rings. The molecule has 1 aliphatic heterocycles. The second kappa shape index (κ2) is 7.04. The van der Waals surface area contributed by atoms with Gasteiger partial charge in [-0.25, -0.2) is 0 Å². The highest BCUT2D eigenvalue weighted by atomic mass is 16.5. The summed E-state index contributed by atoms with van der Waals surface area (Å²) in [5, 5.41) is 0. The van der Waals surface area contributed by atoms with Crippen LogP contribution >= 0.6 is 0 Å². The van der Waals surface area contributed by atoms with Gasteiger partial charge in [0.05, 0.1) is 12.7 Å². The van der Waals surface area contributed by atoms with Gasteiger partial charge in [0.15, 0.2) is 0 Å². The molecule has 26 heavy (non-hydrogen) atoms. The fourth-order valence-electron chi connectivity index (χ4n) is 3.11. The van der Waals surface area contributed by atoms with Crippen LogP contribution in [0.15, 0.2) is 60.3 Å². The van der Waals surface area contributed by atoms with Crippen molar-refractivity contribution >= 4 is 23.1 Å². The summed E-state index contributed by atoms with van der Waals surface area (Å²) in [5.41, 5.74) is 2.35. The number of amides is 2. The number of hydrogen-bond donors (Lipinski definition) is 0. The van der Waals surface area contributed by atoms with Gasteiger partial charge in [-0.3, -0.25) is 14.5 Å². The molecule has 0 aromatic heterocycles. The Labute approximate surface area is 153 Å². The first-order chi connectivity index (χ1) is 12.5. The summed E-state index contributed by atoms with van der Waals surface area (Å²) in [4.78, 5) is 29.2. The van der Waals surface area contributed by atoms with E-state index in [0.29, 0.717) is 22.6 Å². The quantitative estimate of drug-likeness (QED) is 0.776. The minimum absolute atomic E-state index is 0.218. The highest BCUT2D eigenvalue weighted by molar-refractivity contribution is 6.36. The maximum atomic E-state index is 13.1. The highest BCUT2D eigenvalue weighted by Gasteiger charge is 2.42. The smallest absolute Gasteiger partial charge is 0.278 e. The lowest BCUT2D eigenvalue weighted by molar-refractivity contribution is -0.138. The number of carbonyl (C=O) groups is 2. The monoisotopic (exact) mass is 350 g/mol. The Hall–Kier alpha value is -3.08. The van der Waals surface area contributed by atoms with Gasteiger partial charge < -0.3 is 9.64 Å². The van der Waals surface area contributed by atoms with Gasteiger partial charge in [0.2, 0.25) is 0 Å². The van der Waals surface area contributed by atoms with E-state index in [9.17, 15) is 9.59 Å². The van der Waals surface area contributed by atoms with Gasteiger partial charge in [0.25, 0.3) is 11.8 Å². The van der Waals surface area contributed by atoms with Crippen molar-refractivity contribution in [1.29, 1.82) is 0 Å². The molecule has 0 radical (unpaired) electrons. The van der Waals surface area contributed by atoms with Crippen LogP contribution in [0.25, 0.3) is 5.57 Å². The molecular weight excluding hydrogens is 328 g/mol. The molecule has 5 heteroatoms. The Bertz CT molecular complexity index is 855. The zero-order chi connectivity index (χ0) is 18.8. The highest BCUT2D eigenvalue weighted by Crippen LogP contribution is 2.34. The van der Waals surface area contributed by atoms with Crippen molar-refractivity contribution in [2.24, 2.45) is 0 Å². The number of likely N-dealkylation sites (N-methyl/N-ethyl adjacent to an activating group) is 1. The third kappa shape index (κ3) is 2.96. The van der Waals surface area contributed by atoms with Crippen LogP contribution in [0.5, 0.6) is 5.75 Å². The number of ether oxygens (including phenoxy) is 1. The number of benzene rings is 2. The van der Waals surface area contributed by atoms with Crippen LogP contribution < -0.4 is 9.64 Å². The number of hydrogen-bond acceptors (Lipinski definition) is 4. The van der Waals surface area contributed by atoms with Gasteiger partial charge in [0.1, 0.15) is 11.4 Å². The summed E-state index contributed by atoms with van der Waals surface area (Å²) in [5.74, 6) is 0.153. The predicted molar refractivity (Wildman–Crippen MR) is 102 cm³/mol. The second-order valence-electron chi connectivity index (χ2n) is 6.42. The molecule has 0 unspecified atom stereocenters. The Morgan fingerprint density at radius 1 is 0.923 bits per heavy atom. The molecule has 0 saturated heterocycles. The van der Waals surface area contributed by atoms with Crippen molar-refractivity contribution in [3.8, 4) is 5.75 Å². The largest absolute Gasteiger partial charge is 0.497 e. The average molecular weight is 350 g/mol. The lowest BCUT2D eigenvalue weighted by Crippen LogP contribution is -2.39. The summed E-state index contributed by atoms with van der Waals surface area (Å²) >= 11 is 0. The molecule has 1 aliphatic rings. The molecular formula is C21H22N2O3. The number of imide groups is 1. The van der Waals surface area contributed by atoms with Crippen molar-refractivity contribution in [2.75, 3.05) is 19.1 Å². The first-order valence-electron chi connectivity index (χ1n) is 8.51. The van der Waals surface area contributed by atoms with Crippen molar-refractivity contribution in [1.82, 2.24) is 4.90 Å². The van der Waals surface area contributed by atoms with Gasteiger partial charge >= 0.3 is 0 Å². The lowest BCUT2D eigenvalue weighted by atomic mass is 10.0. The lowest BCUT2D eigenvalue weighted by Gasteiger charge is -2.23. The molecule has 2 aromatic rings. The number of carbonyl (C=O) groups excluding carboxylic acids is 2. The van der Waals surface area contributed by atoms with E-state index < -0.39 is 0 Å². The van der Waals surface area contributed by atoms with E-state index in [-0.39, 0.29) is 17.9 Å². The van der Waals surface area contributed by atoms with E-state index in [1.807, 2.05) is 63.4 Å². The molecule has 1 heterocycles. The number of rotatable bonds is 5. The topological polar surface area (TPSA) is 49.9 Å². The minimum Gasteiger partial charge on any atom is -0.497 e. The maximum Gasteiger partial charge on any atom is 0.278 e. The summed E-state index contributed by atoms with van der Waals surface area (Å²) in [6.07, 6.45) is 0. The molecule has 0 atom stereocenters. The first-order valence-corrected chi connectivity index (χ1v) is 8.51. The normalized spacial score (nSPS) is 14.4. The molecule has 3 rings (SSSR count). The number of methoxy groups -OCH3 is 1. The van der Waals surface area contributed by atoms with Crippen molar-refractivity contribution < 1.29 is 14.3 Å². The van der Waals surface area contributed by atoms with E-state index in [1.54, 1.807) is 24.1 Å². The molecule has 0 spiro atoms. The molecule has 0 saturated carbocycles. The van der Waals surface area contributed by atoms with E-state index >= 15 is 0 Å². The molecule has 0 bridgehead atoms. The summed E-state index contributed by atoms with van der Waals surface area (Å²) < 4.78 is 5.19. The number of nitrogens with zero attached hydrogens (tertiary/aromatic N) is 2. The van der Waals surface area contributed by atoms with Crippen molar-refractivity contribution in [2.45, 2.75) is 19.9 Å². The molecule has 5 nitrogen and oxygen atoms in total. The third-order valence-electron chi connectivity index (χ3n) is 4.46. The SMILES string of the molecule is COc1ccc(C2=C(N(C)c3ccccc3)C(=O)N(C(C)C)C2=O)cc1. The zero-order valence-electron chi connectivity index (χ0n) is 15.4. The van der Waals surface area contributed by atoms with Crippen LogP contribution in [-0.2, 0) is 9.59 Å². The first kappa shape index (κ1) is 17.7. The number of para-hydroxylation sites is 1. The second-order valence-corrected chi connectivity index (χ2v) is 6.42. The molecule has 2 amide bonds. The zero-order valence-corrected chi connectivity index (χ0v) is 15.4. The summed E-state index contributed by atoms with van der Waals surface area (Å²) in [6.45, 7) is 3.68. The Kier molecular flexibility index (Phi) is 4.80.